The molecule has 3 aromatic rings. The summed E-state index contributed by atoms with van der Waals surface area (Å²) in [5, 5.41) is 3.90. The van der Waals surface area contributed by atoms with E-state index in [1.165, 1.54) is 0 Å². The number of hydrogen-bond acceptors (Lipinski definition) is 4. The number of carbonyl (C=O) groups is 1. The maximum Gasteiger partial charge on any atom is 0.322 e. The van der Waals surface area contributed by atoms with Crippen molar-refractivity contribution in [1.82, 2.24) is 14.5 Å². The monoisotopic (exact) mass is 428 g/mol. The van der Waals surface area contributed by atoms with Crippen LogP contribution < -0.4 is 15.6 Å². The Morgan fingerprint density at radius 3 is 2.53 bits per heavy atom. The van der Waals surface area contributed by atoms with E-state index in [2.05, 4.69) is 10.3 Å². The van der Waals surface area contributed by atoms with Crippen molar-refractivity contribution in [2.45, 2.75) is 33.4 Å². The second-order valence-corrected chi connectivity index (χ2v) is 7.24. The molecule has 2 amide bonds. The Labute approximate surface area is 180 Å². The topological polar surface area (TPSA) is 76.5 Å². The fourth-order valence-electron chi connectivity index (χ4n) is 3.44. The Bertz CT molecular complexity index is 1110. The Balaban J connectivity index is 1.95. The molecular formula is C22H25ClN4O3. The number of fused-ring (bicyclic) bond motifs is 1. The summed E-state index contributed by atoms with van der Waals surface area (Å²) in [6.07, 6.45) is 0. The van der Waals surface area contributed by atoms with Crippen LogP contribution in [0.1, 0.15) is 32.6 Å². The highest BCUT2D eigenvalue weighted by Gasteiger charge is 2.25. The normalized spacial score (nSPS) is 11.9. The lowest BCUT2D eigenvalue weighted by Crippen LogP contribution is -2.40. The minimum atomic E-state index is -0.427. The van der Waals surface area contributed by atoms with Crippen molar-refractivity contribution in [1.29, 1.82) is 0 Å². The highest BCUT2D eigenvalue weighted by molar-refractivity contribution is 6.31. The summed E-state index contributed by atoms with van der Waals surface area (Å²) in [6, 6.07) is 11.4. The SMILES string of the molecule is CCN(C(=O)Nc1ccc(OC)cc1)C(C)c1nc2cc(Cl)ccc2c(=O)n1CC. The van der Waals surface area contributed by atoms with Crippen molar-refractivity contribution in [3.63, 3.8) is 0 Å². The first-order valence-electron chi connectivity index (χ1n) is 9.81. The average Bonchev–Trinajstić information content (AvgIpc) is 2.74. The lowest BCUT2D eigenvalue weighted by atomic mass is 10.2. The summed E-state index contributed by atoms with van der Waals surface area (Å²) in [7, 11) is 1.59. The maximum atomic E-state index is 13.0. The van der Waals surface area contributed by atoms with Gasteiger partial charge in [-0.1, -0.05) is 11.6 Å². The van der Waals surface area contributed by atoms with Gasteiger partial charge in [0.25, 0.3) is 5.56 Å². The van der Waals surface area contributed by atoms with Crippen LogP contribution in [0.2, 0.25) is 5.02 Å². The van der Waals surface area contributed by atoms with E-state index in [1.807, 2.05) is 20.8 Å². The van der Waals surface area contributed by atoms with Crippen molar-refractivity contribution in [3.05, 3.63) is 63.7 Å². The van der Waals surface area contributed by atoms with Crippen LogP contribution in [0.5, 0.6) is 5.75 Å². The van der Waals surface area contributed by atoms with Gasteiger partial charge in [0.15, 0.2) is 0 Å². The summed E-state index contributed by atoms with van der Waals surface area (Å²) in [5.74, 6) is 1.23. The number of nitrogens with one attached hydrogen (secondary N) is 1. The molecule has 0 aliphatic heterocycles. The van der Waals surface area contributed by atoms with Crippen molar-refractivity contribution in [3.8, 4) is 5.75 Å². The minimum absolute atomic E-state index is 0.146. The molecule has 1 unspecified atom stereocenters. The smallest absolute Gasteiger partial charge is 0.322 e. The predicted octanol–water partition coefficient (Wildman–Crippen LogP) is 4.69. The van der Waals surface area contributed by atoms with Crippen LogP contribution in [0.15, 0.2) is 47.3 Å². The van der Waals surface area contributed by atoms with Crippen molar-refractivity contribution in [2.24, 2.45) is 0 Å². The molecule has 0 spiro atoms. The van der Waals surface area contributed by atoms with Crippen molar-refractivity contribution in [2.75, 3.05) is 19.0 Å². The number of aromatic nitrogens is 2. The third-order valence-electron chi connectivity index (χ3n) is 5.05. The van der Waals surface area contributed by atoms with Gasteiger partial charge in [-0.15, -0.1) is 0 Å². The zero-order chi connectivity index (χ0) is 21.8. The first kappa shape index (κ1) is 21.6. The average molecular weight is 429 g/mol. The number of carbonyl (C=O) groups excluding carboxylic acids is 1. The quantitative estimate of drug-likeness (QED) is 0.617. The zero-order valence-electron chi connectivity index (χ0n) is 17.5. The molecule has 0 aliphatic rings. The van der Waals surface area contributed by atoms with E-state index < -0.39 is 6.04 Å². The summed E-state index contributed by atoms with van der Waals surface area (Å²) in [6.45, 7) is 6.52. The van der Waals surface area contributed by atoms with Crippen LogP contribution in [-0.4, -0.2) is 34.1 Å². The Morgan fingerprint density at radius 1 is 1.23 bits per heavy atom. The number of hydrogen-bond donors (Lipinski definition) is 1. The van der Waals surface area contributed by atoms with Gasteiger partial charge in [0.05, 0.1) is 24.1 Å². The zero-order valence-corrected chi connectivity index (χ0v) is 18.2. The van der Waals surface area contributed by atoms with Crippen LogP contribution >= 0.6 is 11.6 Å². The van der Waals surface area contributed by atoms with Crippen LogP contribution in [0.4, 0.5) is 10.5 Å². The number of methoxy groups -OCH3 is 1. The molecule has 0 radical (unpaired) electrons. The molecule has 7 nitrogen and oxygen atoms in total. The van der Waals surface area contributed by atoms with Crippen molar-refractivity contribution < 1.29 is 9.53 Å². The predicted molar refractivity (Wildman–Crippen MR) is 119 cm³/mol. The van der Waals surface area contributed by atoms with E-state index in [1.54, 1.807) is 59.0 Å². The number of ether oxygens (including phenoxy) is 1. The lowest BCUT2D eigenvalue weighted by Gasteiger charge is -2.29. The van der Waals surface area contributed by atoms with E-state index >= 15 is 0 Å². The second-order valence-electron chi connectivity index (χ2n) is 6.80. The van der Waals surface area contributed by atoms with Gasteiger partial charge < -0.3 is 15.0 Å². The summed E-state index contributed by atoms with van der Waals surface area (Å²) in [4.78, 5) is 32.3. The lowest BCUT2D eigenvalue weighted by molar-refractivity contribution is 0.192. The van der Waals surface area contributed by atoms with Gasteiger partial charge in [0, 0.05) is 23.8 Å². The number of benzene rings is 2. The van der Waals surface area contributed by atoms with Crippen LogP contribution in [-0.2, 0) is 6.54 Å². The Morgan fingerprint density at radius 2 is 1.93 bits per heavy atom. The number of urea groups is 1. The van der Waals surface area contributed by atoms with E-state index in [0.29, 0.717) is 46.3 Å². The van der Waals surface area contributed by atoms with E-state index in [-0.39, 0.29) is 11.6 Å². The van der Waals surface area contributed by atoms with Gasteiger partial charge in [-0.3, -0.25) is 9.36 Å². The standard InChI is InChI=1S/C22H25ClN4O3/c1-5-26(22(29)24-16-8-10-17(30-4)11-9-16)14(3)20-25-19-13-15(23)7-12-18(19)21(28)27(20)6-2/h7-14H,5-6H2,1-4H3,(H,24,29). The van der Waals surface area contributed by atoms with E-state index in [9.17, 15) is 9.59 Å². The molecule has 8 heteroatoms. The highest BCUT2D eigenvalue weighted by Crippen LogP contribution is 2.23. The first-order chi connectivity index (χ1) is 14.4. The minimum Gasteiger partial charge on any atom is -0.497 e. The third kappa shape index (κ3) is 4.26. The molecule has 3 rings (SSSR count). The number of rotatable bonds is 6. The molecule has 1 aromatic heterocycles. The largest absolute Gasteiger partial charge is 0.497 e. The van der Waals surface area contributed by atoms with E-state index in [4.69, 9.17) is 16.3 Å². The number of nitrogens with zero attached hydrogens (tertiary/aromatic N) is 3. The molecule has 0 bridgehead atoms. The summed E-state index contributed by atoms with van der Waals surface area (Å²) < 4.78 is 6.75. The second kappa shape index (κ2) is 9.17. The van der Waals surface area contributed by atoms with Gasteiger partial charge in [0.2, 0.25) is 0 Å². The van der Waals surface area contributed by atoms with E-state index in [0.717, 1.165) is 0 Å². The first-order valence-corrected chi connectivity index (χ1v) is 10.2. The Hall–Kier alpha value is -3.06. The molecule has 1 heterocycles. The molecule has 158 valence electrons. The van der Waals surface area contributed by atoms with Gasteiger partial charge >= 0.3 is 6.03 Å². The van der Waals surface area contributed by atoms with Gasteiger partial charge in [-0.2, -0.15) is 0 Å². The summed E-state index contributed by atoms with van der Waals surface area (Å²) in [5.41, 5.74) is 1.02. The molecule has 2 aromatic carbocycles. The number of halogens is 1. The fourth-order valence-corrected chi connectivity index (χ4v) is 3.60. The maximum absolute atomic E-state index is 13.0. The molecule has 0 saturated carbocycles. The molecule has 1 N–H and O–H groups in total. The number of anilines is 1. The van der Waals surface area contributed by atoms with Gasteiger partial charge in [0.1, 0.15) is 11.6 Å². The van der Waals surface area contributed by atoms with Crippen LogP contribution in [0.25, 0.3) is 10.9 Å². The molecule has 30 heavy (non-hydrogen) atoms. The van der Waals surface area contributed by atoms with Crippen LogP contribution in [0, 0.1) is 0 Å². The molecule has 0 saturated heterocycles. The molecule has 1 atom stereocenters. The van der Waals surface area contributed by atoms with Gasteiger partial charge in [-0.05, 0) is 63.2 Å². The van der Waals surface area contributed by atoms with Crippen LogP contribution in [0.3, 0.4) is 0 Å². The van der Waals surface area contributed by atoms with Crippen molar-refractivity contribution >= 4 is 34.2 Å². The molecular weight excluding hydrogens is 404 g/mol. The number of amides is 2. The third-order valence-corrected chi connectivity index (χ3v) is 5.28. The molecule has 0 aliphatic carbocycles. The molecule has 0 fully saturated rings. The highest BCUT2D eigenvalue weighted by atomic mass is 35.5. The van der Waals surface area contributed by atoms with Gasteiger partial charge in [-0.25, -0.2) is 9.78 Å². The summed E-state index contributed by atoms with van der Waals surface area (Å²) >= 11 is 6.10. The Kier molecular flexibility index (Phi) is 6.62. The fraction of sp³-hybridized carbons (Fsp3) is 0.318.